The number of urea groups is 1. The fourth-order valence-corrected chi connectivity index (χ4v) is 4.05. The van der Waals surface area contributed by atoms with Crippen LogP contribution in [-0.2, 0) is 10.0 Å². The molecule has 0 unspecified atom stereocenters. The van der Waals surface area contributed by atoms with Crippen molar-refractivity contribution in [3.63, 3.8) is 0 Å². The van der Waals surface area contributed by atoms with Crippen LogP contribution in [0.15, 0.2) is 90.3 Å². The van der Waals surface area contributed by atoms with Crippen LogP contribution in [0.25, 0.3) is 0 Å². The summed E-state index contributed by atoms with van der Waals surface area (Å²) in [4.78, 5) is 24.5. The molecule has 0 spiro atoms. The van der Waals surface area contributed by atoms with Crippen molar-refractivity contribution in [2.75, 3.05) is 28.5 Å². The molecule has 0 aliphatic carbocycles. The van der Waals surface area contributed by atoms with E-state index >= 15 is 0 Å². The van der Waals surface area contributed by atoms with E-state index in [-0.39, 0.29) is 22.2 Å². The Morgan fingerprint density at radius 2 is 1.57 bits per heavy atom. The molecule has 3 rings (SSSR count). The highest BCUT2D eigenvalue weighted by molar-refractivity contribution is 7.92. The molecule has 10 heteroatoms. The van der Waals surface area contributed by atoms with Crippen molar-refractivity contribution in [2.24, 2.45) is 0 Å². The quantitative estimate of drug-likeness (QED) is 0.310. The van der Waals surface area contributed by atoms with Crippen LogP contribution in [0.4, 0.5) is 21.9 Å². The molecule has 0 bridgehead atoms. The van der Waals surface area contributed by atoms with Gasteiger partial charge in [0.05, 0.1) is 11.5 Å². The first-order chi connectivity index (χ1) is 16.8. The molecule has 0 heterocycles. The smallest absolute Gasteiger partial charge is 0.319 e. The maximum atomic E-state index is 12.7. The van der Waals surface area contributed by atoms with Crippen LogP contribution < -0.4 is 25.4 Å². The largest absolute Gasteiger partial charge is 0.494 e. The van der Waals surface area contributed by atoms with Crippen LogP contribution in [0.5, 0.6) is 5.75 Å². The summed E-state index contributed by atoms with van der Waals surface area (Å²) in [6.07, 6.45) is 1.57. The number of hydrogen-bond acceptors (Lipinski definition) is 5. The Kier molecular flexibility index (Phi) is 8.47. The maximum absolute atomic E-state index is 12.7. The van der Waals surface area contributed by atoms with Crippen LogP contribution in [0.2, 0.25) is 0 Å². The molecule has 182 valence electrons. The van der Waals surface area contributed by atoms with Gasteiger partial charge >= 0.3 is 6.03 Å². The van der Waals surface area contributed by atoms with Crippen LogP contribution in [-0.4, -0.2) is 33.5 Å². The molecule has 0 saturated heterocycles. The highest BCUT2D eigenvalue weighted by Gasteiger charge is 2.15. The van der Waals surface area contributed by atoms with E-state index in [2.05, 4.69) is 27.3 Å². The Morgan fingerprint density at radius 1 is 0.914 bits per heavy atom. The van der Waals surface area contributed by atoms with E-state index in [9.17, 15) is 18.0 Å². The van der Waals surface area contributed by atoms with E-state index in [1.54, 1.807) is 60.7 Å². The number of rotatable bonds is 10. The number of carbonyl (C=O) groups is 2. The molecule has 0 aliphatic heterocycles. The molecule has 0 aliphatic rings. The Labute approximate surface area is 204 Å². The minimum atomic E-state index is -3.85. The summed E-state index contributed by atoms with van der Waals surface area (Å²) in [5.74, 6) is 0.154. The number of amides is 3. The van der Waals surface area contributed by atoms with Crippen LogP contribution in [0.1, 0.15) is 17.3 Å². The summed E-state index contributed by atoms with van der Waals surface area (Å²) in [7, 11) is -3.85. The monoisotopic (exact) mass is 494 g/mol. The standard InChI is InChI=1S/C25H26N4O5S/c1-3-16-26-25(31)28-20-10-8-19(9-11-20)27-24(30)18-6-5-7-21(17-18)29-35(32,33)23-14-12-22(13-15-23)34-4-2/h3,5-15,17,29H,1,4,16H2,2H3,(H,27,30)(H2,26,28,31). The van der Waals surface area contributed by atoms with Crippen molar-refractivity contribution in [3.05, 3.63) is 91.0 Å². The van der Waals surface area contributed by atoms with Crippen molar-refractivity contribution < 1.29 is 22.7 Å². The topological polar surface area (TPSA) is 126 Å². The molecule has 3 amide bonds. The van der Waals surface area contributed by atoms with Gasteiger partial charge in [-0.3, -0.25) is 9.52 Å². The van der Waals surface area contributed by atoms with Gasteiger partial charge in [0.15, 0.2) is 0 Å². The number of benzene rings is 3. The molecule has 0 fully saturated rings. The maximum Gasteiger partial charge on any atom is 0.319 e. The molecule has 3 aromatic carbocycles. The molecule has 9 nitrogen and oxygen atoms in total. The molecule has 0 atom stereocenters. The second kappa shape index (κ2) is 11.7. The van der Waals surface area contributed by atoms with Gasteiger partial charge in [-0.05, 0) is 73.7 Å². The van der Waals surface area contributed by atoms with Crippen LogP contribution in [0, 0.1) is 0 Å². The van der Waals surface area contributed by atoms with E-state index in [1.165, 1.54) is 18.2 Å². The van der Waals surface area contributed by atoms with Gasteiger partial charge in [-0.25, -0.2) is 13.2 Å². The van der Waals surface area contributed by atoms with Crippen molar-refractivity contribution in [3.8, 4) is 5.75 Å². The highest BCUT2D eigenvalue weighted by Crippen LogP contribution is 2.21. The Balaban J connectivity index is 1.64. The number of sulfonamides is 1. The number of carbonyl (C=O) groups excluding carboxylic acids is 2. The van der Waals surface area contributed by atoms with E-state index in [0.29, 0.717) is 30.3 Å². The first-order valence-corrected chi connectivity index (χ1v) is 12.2. The molecule has 4 N–H and O–H groups in total. The van der Waals surface area contributed by atoms with Gasteiger partial charge in [0.1, 0.15) is 5.75 Å². The van der Waals surface area contributed by atoms with Gasteiger partial charge in [-0.15, -0.1) is 6.58 Å². The fraction of sp³-hybridized carbons (Fsp3) is 0.120. The minimum Gasteiger partial charge on any atom is -0.494 e. The predicted octanol–water partition coefficient (Wildman–Crippen LogP) is 4.45. The minimum absolute atomic E-state index is 0.0719. The number of anilines is 3. The van der Waals surface area contributed by atoms with Crippen LogP contribution >= 0.6 is 0 Å². The predicted molar refractivity (Wildman–Crippen MR) is 136 cm³/mol. The van der Waals surface area contributed by atoms with Crippen LogP contribution in [0.3, 0.4) is 0 Å². The lowest BCUT2D eigenvalue weighted by Crippen LogP contribution is -2.28. The third-order valence-corrected chi connectivity index (χ3v) is 6.03. The SMILES string of the molecule is C=CCNC(=O)Nc1ccc(NC(=O)c2cccc(NS(=O)(=O)c3ccc(OCC)cc3)c2)cc1. The summed E-state index contributed by atoms with van der Waals surface area (Å²) in [5.41, 5.74) is 1.57. The van der Waals surface area contributed by atoms with E-state index in [0.717, 1.165) is 0 Å². The molecular formula is C25H26N4O5S. The van der Waals surface area contributed by atoms with Crippen molar-refractivity contribution in [1.29, 1.82) is 0 Å². The number of nitrogens with one attached hydrogen (secondary N) is 4. The second-order valence-corrected chi connectivity index (χ2v) is 8.93. The third kappa shape index (κ3) is 7.34. The lowest BCUT2D eigenvalue weighted by Gasteiger charge is -2.11. The molecule has 0 saturated carbocycles. The molecular weight excluding hydrogens is 468 g/mol. The molecule has 35 heavy (non-hydrogen) atoms. The first kappa shape index (κ1) is 25.3. The van der Waals surface area contributed by atoms with Gasteiger partial charge in [-0.2, -0.15) is 0 Å². The normalized spacial score (nSPS) is 10.7. The molecule has 3 aromatic rings. The van der Waals surface area contributed by atoms with Crippen molar-refractivity contribution >= 4 is 39.0 Å². The lowest BCUT2D eigenvalue weighted by molar-refractivity contribution is 0.102. The van der Waals surface area contributed by atoms with Gasteiger partial charge in [0, 0.05) is 29.2 Å². The summed E-state index contributed by atoms with van der Waals surface area (Å²) in [5, 5.41) is 8.00. The highest BCUT2D eigenvalue weighted by atomic mass is 32.2. The third-order valence-electron chi connectivity index (χ3n) is 4.63. The van der Waals surface area contributed by atoms with Gasteiger partial charge in [0.25, 0.3) is 15.9 Å². The van der Waals surface area contributed by atoms with Crippen molar-refractivity contribution in [1.82, 2.24) is 5.32 Å². The number of ether oxygens (including phenoxy) is 1. The first-order valence-electron chi connectivity index (χ1n) is 10.7. The van der Waals surface area contributed by atoms with E-state index < -0.39 is 15.9 Å². The number of hydrogen-bond donors (Lipinski definition) is 4. The summed E-state index contributed by atoms with van der Waals surface area (Å²) in [6.45, 7) is 6.19. The zero-order valence-corrected chi connectivity index (χ0v) is 19.9. The van der Waals surface area contributed by atoms with Gasteiger partial charge in [0.2, 0.25) is 0 Å². The average molecular weight is 495 g/mol. The molecule has 0 radical (unpaired) electrons. The summed E-state index contributed by atoms with van der Waals surface area (Å²) in [6, 6.07) is 18.4. The average Bonchev–Trinajstić information content (AvgIpc) is 2.84. The van der Waals surface area contributed by atoms with Crippen molar-refractivity contribution in [2.45, 2.75) is 11.8 Å². The van der Waals surface area contributed by atoms with Gasteiger partial charge in [-0.1, -0.05) is 12.1 Å². The Bertz CT molecular complexity index is 1290. The zero-order chi connectivity index (χ0) is 25.3. The molecule has 0 aromatic heterocycles. The van der Waals surface area contributed by atoms with E-state index in [4.69, 9.17) is 4.74 Å². The van der Waals surface area contributed by atoms with E-state index in [1.807, 2.05) is 6.92 Å². The second-order valence-electron chi connectivity index (χ2n) is 7.25. The fourth-order valence-electron chi connectivity index (χ4n) is 3.00. The zero-order valence-electron chi connectivity index (χ0n) is 19.1. The summed E-state index contributed by atoms with van der Waals surface area (Å²) >= 11 is 0. The summed E-state index contributed by atoms with van der Waals surface area (Å²) < 4.78 is 33.3. The lowest BCUT2D eigenvalue weighted by atomic mass is 10.2. The Morgan fingerprint density at radius 3 is 2.20 bits per heavy atom. The van der Waals surface area contributed by atoms with Gasteiger partial charge < -0.3 is 20.7 Å². The Hall–Kier alpha value is -4.31.